The van der Waals surface area contributed by atoms with Crippen LogP contribution in [0.4, 0.5) is 0 Å². The summed E-state index contributed by atoms with van der Waals surface area (Å²) in [6.07, 6.45) is 9.07. The fourth-order valence-electron chi connectivity index (χ4n) is 3.05. The third-order valence-electron chi connectivity index (χ3n) is 4.23. The molecule has 3 heterocycles. The molecule has 1 fully saturated rings. The predicted molar refractivity (Wildman–Crippen MR) is 87.6 cm³/mol. The molecule has 2 aromatic rings. The maximum atomic E-state index is 6.23. The molecule has 1 aliphatic rings. The van der Waals surface area contributed by atoms with Gasteiger partial charge in [0.1, 0.15) is 0 Å². The summed E-state index contributed by atoms with van der Waals surface area (Å²) in [5.41, 5.74) is 2.41. The van der Waals surface area contributed by atoms with E-state index in [1.807, 2.05) is 18.6 Å². The van der Waals surface area contributed by atoms with E-state index in [4.69, 9.17) is 11.6 Å². The van der Waals surface area contributed by atoms with Crippen LogP contribution in [-0.2, 0) is 0 Å². The van der Waals surface area contributed by atoms with E-state index >= 15 is 0 Å². The van der Waals surface area contributed by atoms with Gasteiger partial charge in [-0.3, -0.25) is 0 Å². The van der Waals surface area contributed by atoms with Crippen molar-refractivity contribution < 1.29 is 0 Å². The summed E-state index contributed by atoms with van der Waals surface area (Å²) in [6.45, 7) is 4.60. The SMILES string of the molecule is CCCC(CC)CC1SC1c1cc(Cl)cc2cncn12. The first-order valence-corrected chi connectivity index (χ1v) is 8.82. The monoisotopic (exact) mass is 308 g/mol. The quantitative estimate of drug-likeness (QED) is 0.668. The number of thioether (sulfide) groups is 1. The van der Waals surface area contributed by atoms with E-state index in [0.29, 0.717) is 5.25 Å². The zero-order valence-corrected chi connectivity index (χ0v) is 13.6. The smallest absolute Gasteiger partial charge is 0.0994 e. The average molecular weight is 309 g/mol. The molecule has 0 N–H and O–H groups in total. The topological polar surface area (TPSA) is 17.3 Å². The third kappa shape index (κ3) is 2.84. The van der Waals surface area contributed by atoms with Gasteiger partial charge in [-0.2, -0.15) is 0 Å². The van der Waals surface area contributed by atoms with E-state index in [0.717, 1.165) is 21.7 Å². The van der Waals surface area contributed by atoms with E-state index in [2.05, 4.69) is 41.1 Å². The van der Waals surface area contributed by atoms with Crippen LogP contribution in [0.2, 0.25) is 5.02 Å². The van der Waals surface area contributed by atoms with Crippen molar-refractivity contribution in [2.75, 3.05) is 0 Å². The van der Waals surface area contributed by atoms with Crippen LogP contribution in [0, 0.1) is 5.92 Å². The molecule has 0 spiro atoms. The van der Waals surface area contributed by atoms with Crippen molar-refractivity contribution in [1.29, 1.82) is 0 Å². The van der Waals surface area contributed by atoms with Crippen LogP contribution in [0.3, 0.4) is 0 Å². The first kappa shape index (κ1) is 14.3. The molecule has 3 atom stereocenters. The molecule has 3 rings (SSSR count). The van der Waals surface area contributed by atoms with Crippen molar-refractivity contribution in [2.24, 2.45) is 5.92 Å². The molecule has 0 amide bonds. The van der Waals surface area contributed by atoms with Gasteiger partial charge < -0.3 is 4.40 Å². The molecule has 108 valence electrons. The lowest BCUT2D eigenvalue weighted by Crippen LogP contribution is -2.04. The molecule has 0 bridgehead atoms. The van der Waals surface area contributed by atoms with Gasteiger partial charge in [0.05, 0.1) is 23.3 Å². The minimum atomic E-state index is 0.594. The second-order valence-electron chi connectivity index (χ2n) is 5.68. The lowest BCUT2D eigenvalue weighted by Gasteiger charge is -2.12. The Labute approximate surface area is 129 Å². The minimum absolute atomic E-state index is 0.594. The van der Waals surface area contributed by atoms with Gasteiger partial charge in [-0.1, -0.05) is 44.7 Å². The molecule has 1 saturated heterocycles. The second-order valence-corrected chi connectivity index (χ2v) is 7.50. The largest absolute Gasteiger partial charge is 0.302 e. The number of pyridine rings is 1. The summed E-state index contributed by atoms with van der Waals surface area (Å²) in [4.78, 5) is 4.24. The highest BCUT2D eigenvalue weighted by molar-refractivity contribution is 8.07. The van der Waals surface area contributed by atoms with E-state index in [1.54, 1.807) is 0 Å². The van der Waals surface area contributed by atoms with Gasteiger partial charge in [0.15, 0.2) is 0 Å². The van der Waals surface area contributed by atoms with Crippen LogP contribution in [0.15, 0.2) is 24.7 Å². The van der Waals surface area contributed by atoms with E-state index in [1.165, 1.54) is 31.4 Å². The standard InChI is InChI=1S/C16H21ClN2S/c1-3-5-11(4-2)6-15-16(20-15)14-8-12(17)7-13-9-18-10-19(13)14/h7-11,15-16H,3-6H2,1-2H3. The average Bonchev–Trinajstić information content (AvgIpc) is 3.03. The molecule has 1 aliphatic heterocycles. The fourth-order valence-corrected chi connectivity index (χ4v) is 4.51. The summed E-state index contributed by atoms with van der Waals surface area (Å²) in [6, 6.07) is 4.08. The molecule has 3 unspecified atom stereocenters. The lowest BCUT2D eigenvalue weighted by atomic mass is 9.94. The Bertz CT molecular complexity index is 595. The number of hydrogen-bond acceptors (Lipinski definition) is 2. The molecule has 2 aromatic heterocycles. The molecule has 0 radical (unpaired) electrons. The van der Waals surface area contributed by atoms with Gasteiger partial charge in [-0.25, -0.2) is 4.98 Å². The van der Waals surface area contributed by atoms with E-state index < -0.39 is 0 Å². The van der Waals surface area contributed by atoms with Crippen LogP contribution >= 0.6 is 23.4 Å². The van der Waals surface area contributed by atoms with E-state index in [-0.39, 0.29) is 0 Å². The summed E-state index contributed by atoms with van der Waals surface area (Å²) >= 11 is 8.31. The van der Waals surface area contributed by atoms with Gasteiger partial charge in [0, 0.05) is 16.0 Å². The van der Waals surface area contributed by atoms with Crippen molar-refractivity contribution in [3.05, 3.63) is 35.4 Å². The van der Waals surface area contributed by atoms with Crippen molar-refractivity contribution in [2.45, 2.75) is 50.0 Å². The first-order chi connectivity index (χ1) is 9.72. The van der Waals surface area contributed by atoms with Gasteiger partial charge in [0.2, 0.25) is 0 Å². The van der Waals surface area contributed by atoms with E-state index in [9.17, 15) is 0 Å². The number of rotatable bonds is 6. The van der Waals surface area contributed by atoms with Crippen LogP contribution in [0.5, 0.6) is 0 Å². The van der Waals surface area contributed by atoms with Crippen molar-refractivity contribution in [1.82, 2.24) is 9.38 Å². The van der Waals surface area contributed by atoms with Crippen molar-refractivity contribution in [3.8, 4) is 0 Å². The molecule has 0 aromatic carbocycles. The Balaban J connectivity index is 1.76. The Kier molecular flexibility index (Phi) is 4.27. The number of fused-ring (bicyclic) bond motifs is 1. The highest BCUT2D eigenvalue weighted by Gasteiger charge is 2.41. The molecular weight excluding hydrogens is 288 g/mol. The zero-order chi connectivity index (χ0) is 14.1. The summed E-state index contributed by atoms with van der Waals surface area (Å²) in [7, 11) is 0. The molecule has 0 saturated carbocycles. The number of hydrogen-bond donors (Lipinski definition) is 0. The molecule has 0 aliphatic carbocycles. The Morgan fingerprint density at radius 2 is 2.25 bits per heavy atom. The highest BCUT2D eigenvalue weighted by Crippen LogP contribution is 2.58. The lowest BCUT2D eigenvalue weighted by molar-refractivity contribution is 0.434. The summed E-state index contributed by atoms with van der Waals surface area (Å²) in [5.74, 6) is 0.875. The molecule has 4 heteroatoms. The van der Waals surface area contributed by atoms with Gasteiger partial charge in [0.25, 0.3) is 0 Å². The van der Waals surface area contributed by atoms with Crippen LogP contribution in [-0.4, -0.2) is 14.6 Å². The minimum Gasteiger partial charge on any atom is -0.302 e. The number of nitrogens with zero attached hydrogens (tertiary/aromatic N) is 2. The Morgan fingerprint density at radius 3 is 3.00 bits per heavy atom. The molecule has 20 heavy (non-hydrogen) atoms. The van der Waals surface area contributed by atoms with Gasteiger partial charge in [-0.05, 0) is 24.5 Å². The Morgan fingerprint density at radius 1 is 1.40 bits per heavy atom. The van der Waals surface area contributed by atoms with Gasteiger partial charge >= 0.3 is 0 Å². The van der Waals surface area contributed by atoms with Gasteiger partial charge in [-0.15, -0.1) is 11.8 Å². The zero-order valence-electron chi connectivity index (χ0n) is 12.1. The predicted octanol–water partition coefficient (Wildman–Crippen LogP) is 5.36. The van der Waals surface area contributed by atoms with Crippen LogP contribution in [0.25, 0.3) is 5.52 Å². The van der Waals surface area contributed by atoms with Crippen molar-refractivity contribution >= 4 is 28.9 Å². The Hall–Kier alpha value is -0.670. The third-order valence-corrected chi connectivity index (χ3v) is 5.81. The molecule has 2 nitrogen and oxygen atoms in total. The normalized spacial score (nSPS) is 23.1. The summed E-state index contributed by atoms with van der Waals surface area (Å²) in [5, 5.41) is 2.17. The number of aromatic nitrogens is 2. The second kappa shape index (κ2) is 5.98. The number of imidazole rings is 1. The first-order valence-electron chi connectivity index (χ1n) is 7.49. The fraction of sp³-hybridized carbons (Fsp3) is 0.562. The highest BCUT2D eigenvalue weighted by atomic mass is 35.5. The maximum Gasteiger partial charge on any atom is 0.0994 e. The van der Waals surface area contributed by atoms with Crippen LogP contribution < -0.4 is 0 Å². The van der Waals surface area contributed by atoms with Crippen molar-refractivity contribution in [3.63, 3.8) is 0 Å². The number of halogens is 1. The summed E-state index contributed by atoms with van der Waals surface area (Å²) < 4.78 is 2.18. The maximum absolute atomic E-state index is 6.23. The molecular formula is C16H21ClN2S. The van der Waals surface area contributed by atoms with Crippen LogP contribution in [0.1, 0.15) is 50.5 Å².